The molecule has 0 aliphatic heterocycles. The molecule has 1 amide bonds. The van der Waals surface area contributed by atoms with E-state index in [0.29, 0.717) is 15.8 Å². The zero-order valence-corrected chi connectivity index (χ0v) is 12.9. The molecule has 2 rings (SSSR count). The maximum Gasteiger partial charge on any atom is 0.337 e. The summed E-state index contributed by atoms with van der Waals surface area (Å²) in [6.07, 6.45) is 0. The third-order valence-corrected chi connectivity index (χ3v) is 3.73. The van der Waals surface area contributed by atoms with Crippen LogP contribution in [0.2, 0.25) is 5.02 Å². The molecule has 0 heterocycles. The number of amides is 1. The summed E-state index contributed by atoms with van der Waals surface area (Å²) in [4.78, 5) is 22.6. The number of aromatic carboxylic acids is 1. The zero-order valence-electron chi connectivity index (χ0n) is 10.6. The van der Waals surface area contributed by atoms with Crippen molar-refractivity contribution in [3.05, 3.63) is 57.0 Å². The maximum atomic E-state index is 11.5. The fourth-order valence-electron chi connectivity index (χ4n) is 1.80. The van der Waals surface area contributed by atoms with E-state index in [1.807, 2.05) is 0 Å². The van der Waals surface area contributed by atoms with Gasteiger partial charge in [-0.15, -0.1) is 0 Å². The van der Waals surface area contributed by atoms with Crippen molar-refractivity contribution in [2.75, 3.05) is 5.32 Å². The molecular formula is C14H10BrClN2O3. The van der Waals surface area contributed by atoms with Gasteiger partial charge in [0.1, 0.15) is 0 Å². The first-order valence-corrected chi connectivity index (χ1v) is 6.95. The van der Waals surface area contributed by atoms with Crippen LogP contribution in [0.5, 0.6) is 0 Å². The van der Waals surface area contributed by atoms with E-state index in [-0.39, 0.29) is 16.1 Å². The Morgan fingerprint density at radius 2 is 1.95 bits per heavy atom. The molecule has 0 aliphatic carbocycles. The van der Waals surface area contributed by atoms with E-state index >= 15 is 0 Å². The van der Waals surface area contributed by atoms with Gasteiger partial charge in [0.2, 0.25) is 0 Å². The van der Waals surface area contributed by atoms with Crippen molar-refractivity contribution in [2.24, 2.45) is 5.73 Å². The number of carboxylic acids is 1. The fourth-order valence-corrected chi connectivity index (χ4v) is 2.56. The molecule has 2 aromatic rings. The smallest absolute Gasteiger partial charge is 0.337 e. The second-order valence-electron chi connectivity index (χ2n) is 4.15. The van der Waals surface area contributed by atoms with E-state index in [4.69, 9.17) is 22.4 Å². The van der Waals surface area contributed by atoms with Crippen LogP contribution < -0.4 is 11.1 Å². The molecule has 108 valence electrons. The van der Waals surface area contributed by atoms with Crippen LogP contribution in [-0.2, 0) is 0 Å². The topological polar surface area (TPSA) is 92.4 Å². The first-order chi connectivity index (χ1) is 9.90. The van der Waals surface area contributed by atoms with Crippen LogP contribution in [-0.4, -0.2) is 17.0 Å². The molecule has 21 heavy (non-hydrogen) atoms. The first kappa shape index (κ1) is 15.3. The van der Waals surface area contributed by atoms with Gasteiger partial charge in [0.05, 0.1) is 21.8 Å². The van der Waals surface area contributed by atoms with Crippen LogP contribution in [0, 0.1) is 0 Å². The summed E-state index contributed by atoms with van der Waals surface area (Å²) in [5.74, 6) is -1.73. The highest BCUT2D eigenvalue weighted by Gasteiger charge is 2.14. The van der Waals surface area contributed by atoms with Gasteiger partial charge in [0.15, 0.2) is 0 Å². The normalized spacial score (nSPS) is 10.2. The number of halogens is 2. The van der Waals surface area contributed by atoms with E-state index < -0.39 is 11.9 Å². The fraction of sp³-hybridized carbons (Fsp3) is 0. The third-order valence-electron chi connectivity index (χ3n) is 2.74. The number of carbonyl (C=O) groups is 2. The Morgan fingerprint density at radius 3 is 2.57 bits per heavy atom. The molecule has 0 aromatic heterocycles. The van der Waals surface area contributed by atoms with Gasteiger partial charge in [0, 0.05) is 10.2 Å². The van der Waals surface area contributed by atoms with Gasteiger partial charge in [-0.1, -0.05) is 17.7 Å². The number of carbonyl (C=O) groups excluding carboxylic acids is 1. The number of carboxylic acid groups (broad SMARTS) is 1. The Hall–Kier alpha value is -2.05. The molecule has 4 N–H and O–H groups in total. The van der Waals surface area contributed by atoms with E-state index in [2.05, 4.69) is 21.2 Å². The number of hydrogen-bond acceptors (Lipinski definition) is 3. The Kier molecular flexibility index (Phi) is 4.50. The van der Waals surface area contributed by atoms with Gasteiger partial charge in [-0.2, -0.15) is 0 Å². The number of primary amides is 1. The molecule has 0 fully saturated rings. The summed E-state index contributed by atoms with van der Waals surface area (Å²) >= 11 is 9.07. The van der Waals surface area contributed by atoms with Gasteiger partial charge in [0.25, 0.3) is 5.91 Å². The molecule has 2 aromatic carbocycles. The van der Waals surface area contributed by atoms with Crippen molar-refractivity contribution in [1.82, 2.24) is 0 Å². The van der Waals surface area contributed by atoms with Crippen molar-refractivity contribution in [1.29, 1.82) is 0 Å². The standard InChI is InChI=1S/C14H10BrClN2O3/c15-9-2-1-3-11(12(9)13(17)19)18-7-4-5-10(16)8(6-7)14(20)21/h1-6,18H,(H2,17,19)(H,20,21). The van der Waals surface area contributed by atoms with Crippen molar-refractivity contribution >= 4 is 50.8 Å². The predicted octanol–water partition coefficient (Wildman–Crippen LogP) is 3.64. The predicted molar refractivity (Wildman–Crippen MR) is 84.4 cm³/mol. The van der Waals surface area contributed by atoms with Crippen molar-refractivity contribution in [3.63, 3.8) is 0 Å². The summed E-state index contributed by atoms with van der Waals surface area (Å²) in [5, 5.41) is 12.2. The monoisotopic (exact) mass is 368 g/mol. The lowest BCUT2D eigenvalue weighted by molar-refractivity contribution is 0.0697. The SMILES string of the molecule is NC(=O)c1c(Br)cccc1Nc1ccc(Cl)c(C(=O)O)c1. The molecule has 0 unspecified atom stereocenters. The van der Waals surface area contributed by atoms with Gasteiger partial charge in [-0.25, -0.2) is 4.79 Å². The summed E-state index contributed by atoms with van der Waals surface area (Å²) in [5.41, 5.74) is 6.55. The van der Waals surface area contributed by atoms with Crippen LogP contribution >= 0.6 is 27.5 Å². The maximum absolute atomic E-state index is 11.5. The number of rotatable bonds is 4. The highest BCUT2D eigenvalue weighted by atomic mass is 79.9. The largest absolute Gasteiger partial charge is 0.478 e. The van der Waals surface area contributed by atoms with Crippen LogP contribution in [0.1, 0.15) is 20.7 Å². The summed E-state index contributed by atoms with van der Waals surface area (Å²) < 4.78 is 0.549. The minimum atomic E-state index is -1.13. The summed E-state index contributed by atoms with van der Waals surface area (Å²) in [6, 6.07) is 9.55. The Labute approximate surface area is 133 Å². The average molecular weight is 370 g/mol. The van der Waals surface area contributed by atoms with E-state index in [0.717, 1.165) is 0 Å². The quantitative estimate of drug-likeness (QED) is 0.767. The van der Waals surface area contributed by atoms with Gasteiger partial charge in [-0.05, 0) is 46.3 Å². The van der Waals surface area contributed by atoms with E-state index in [9.17, 15) is 9.59 Å². The van der Waals surface area contributed by atoms with Crippen LogP contribution in [0.15, 0.2) is 40.9 Å². The molecule has 0 spiro atoms. The first-order valence-electron chi connectivity index (χ1n) is 5.78. The lowest BCUT2D eigenvalue weighted by atomic mass is 10.1. The highest BCUT2D eigenvalue weighted by molar-refractivity contribution is 9.10. The minimum Gasteiger partial charge on any atom is -0.478 e. The Morgan fingerprint density at radius 1 is 1.24 bits per heavy atom. The van der Waals surface area contributed by atoms with Crippen LogP contribution in [0.25, 0.3) is 0 Å². The molecule has 0 aliphatic rings. The van der Waals surface area contributed by atoms with Crippen LogP contribution in [0.4, 0.5) is 11.4 Å². The van der Waals surface area contributed by atoms with E-state index in [1.165, 1.54) is 12.1 Å². The summed E-state index contributed by atoms with van der Waals surface area (Å²) in [7, 11) is 0. The molecular weight excluding hydrogens is 360 g/mol. The number of anilines is 2. The van der Waals surface area contributed by atoms with Gasteiger partial charge < -0.3 is 16.2 Å². The second kappa shape index (κ2) is 6.15. The van der Waals surface area contributed by atoms with Crippen molar-refractivity contribution in [3.8, 4) is 0 Å². The third kappa shape index (κ3) is 3.34. The van der Waals surface area contributed by atoms with E-state index in [1.54, 1.807) is 24.3 Å². The molecule has 0 saturated carbocycles. The molecule has 0 saturated heterocycles. The lowest BCUT2D eigenvalue weighted by Gasteiger charge is -2.12. The van der Waals surface area contributed by atoms with Crippen molar-refractivity contribution in [2.45, 2.75) is 0 Å². The molecule has 0 bridgehead atoms. The van der Waals surface area contributed by atoms with Gasteiger partial charge >= 0.3 is 5.97 Å². The molecule has 0 radical (unpaired) electrons. The summed E-state index contributed by atoms with van der Waals surface area (Å²) in [6.45, 7) is 0. The lowest BCUT2D eigenvalue weighted by Crippen LogP contribution is -2.14. The number of hydrogen-bond donors (Lipinski definition) is 3. The Bertz CT molecular complexity index is 734. The number of nitrogens with two attached hydrogens (primary N) is 1. The minimum absolute atomic E-state index is 0.0303. The molecule has 7 heteroatoms. The van der Waals surface area contributed by atoms with Crippen LogP contribution in [0.3, 0.4) is 0 Å². The molecule has 0 atom stereocenters. The van der Waals surface area contributed by atoms with Crippen molar-refractivity contribution < 1.29 is 14.7 Å². The average Bonchev–Trinajstić information content (AvgIpc) is 2.40. The number of nitrogens with one attached hydrogen (secondary N) is 1. The Balaban J connectivity index is 2.44. The van der Waals surface area contributed by atoms with Gasteiger partial charge in [-0.3, -0.25) is 4.79 Å². The number of benzene rings is 2. The highest BCUT2D eigenvalue weighted by Crippen LogP contribution is 2.29. The zero-order chi connectivity index (χ0) is 15.6. The second-order valence-corrected chi connectivity index (χ2v) is 5.41. The molecule has 5 nitrogen and oxygen atoms in total.